The fraction of sp³-hybridized carbons (Fsp3) is 0.500. The fourth-order valence-corrected chi connectivity index (χ4v) is 4.05. The van der Waals surface area contributed by atoms with E-state index in [2.05, 4.69) is 3.74 Å². The zero-order valence-electron chi connectivity index (χ0n) is 11.6. The van der Waals surface area contributed by atoms with Crippen LogP contribution in [0.15, 0.2) is 23.1 Å². The van der Waals surface area contributed by atoms with Gasteiger partial charge in [-0.15, -0.1) is 0 Å². The van der Waals surface area contributed by atoms with E-state index < -0.39 is 21.4 Å². The number of rotatable bonds is 8. The lowest BCUT2D eigenvalue weighted by Crippen LogP contribution is -2.61. The van der Waals surface area contributed by atoms with Gasteiger partial charge >= 0.3 is 11.2 Å². The number of ether oxygens (including phenoxy) is 2. The molecule has 0 aromatic heterocycles. The van der Waals surface area contributed by atoms with Crippen molar-refractivity contribution >= 4 is 11.2 Å². The second kappa shape index (κ2) is 7.92. The maximum Gasteiger partial charge on any atom is 0.353 e. The standard InChI is InChI=1S/C12H18ClO6S/c1-4-5-8-20(19-13(14,15)16)10-6-7-11(17-2)12(9-10)18-3/h6-7,9H,4-5,8H2,1-3H3/q+1. The van der Waals surface area contributed by atoms with Crippen molar-refractivity contribution in [3.8, 4) is 11.5 Å². The molecule has 1 atom stereocenters. The SMILES string of the molecule is CCCC[S+](O[Cl+3]([O-])([O-])[O-])c1ccc(OC)c(OC)c1. The van der Waals surface area contributed by atoms with Crippen molar-refractivity contribution in [2.75, 3.05) is 20.0 Å². The molecule has 0 bridgehead atoms. The lowest BCUT2D eigenvalue weighted by Gasteiger charge is -2.11. The molecule has 6 nitrogen and oxygen atoms in total. The predicted molar refractivity (Wildman–Crippen MR) is 66.0 cm³/mol. The van der Waals surface area contributed by atoms with Crippen LogP contribution in [0.1, 0.15) is 19.8 Å². The lowest BCUT2D eigenvalue weighted by atomic mass is 10.3. The Kier molecular flexibility index (Phi) is 6.87. The van der Waals surface area contributed by atoms with Crippen LogP contribution in [0, 0.1) is 10.2 Å². The molecule has 0 spiro atoms. The van der Waals surface area contributed by atoms with Gasteiger partial charge in [0.25, 0.3) is 3.74 Å². The molecule has 0 heterocycles. The molecule has 114 valence electrons. The highest BCUT2D eigenvalue weighted by molar-refractivity contribution is 7.92. The van der Waals surface area contributed by atoms with Crippen LogP contribution in [0.25, 0.3) is 0 Å². The summed E-state index contributed by atoms with van der Waals surface area (Å²) in [5.74, 6) is 1.45. The van der Waals surface area contributed by atoms with Crippen LogP contribution in [0.3, 0.4) is 0 Å². The molecule has 0 N–H and O–H groups in total. The average molecular weight is 326 g/mol. The van der Waals surface area contributed by atoms with Crippen LogP contribution in [0.4, 0.5) is 0 Å². The number of benzene rings is 1. The maximum absolute atomic E-state index is 10.8. The molecule has 0 saturated carbocycles. The van der Waals surface area contributed by atoms with Crippen LogP contribution < -0.4 is 23.5 Å². The van der Waals surface area contributed by atoms with Crippen LogP contribution in [0.2, 0.25) is 0 Å². The third-order valence-electron chi connectivity index (χ3n) is 2.45. The fourth-order valence-electron chi connectivity index (χ4n) is 1.51. The van der Waals surface area contributed by atoms with Crippen molar-refractivity contribution < 1.29 is 37.4 Å². The van der Waals surface area contributed by atoms with Crippen LogP contribution in [0.5, 0.6) is 11.5 Å². The van der Waals surface area contributed by atoms with Gasteiger partial charge in [0.15, 0.2) is 17.3 Å². The summed E-state index contributed by atoms with van der Waals surface area (Å²) in [6.07, 6.45) is 1.62. The lowest BCUT2D eigenvalue weighted by molar-refractivity contribution is -1.91. The minimum absolute atomic E-state index is 0.459. The zero-order valence-corrected chi connectivity index (χ0v) is 13.2. The quantitative estimate of drug-likeness (QED) is 0.587. The van der Waals surface area contributed by atoms with Crippen molar-refractivity contribution in [3.05, 3.63) is 18.2 Å². The smallest absolute Gasteiger partial charge is 0.353 e. The Morgan fingerprint density at radius 1 is 1.10 bits per heavy atom. The van der Waals surface area contributed by atoms with Crippen molar-refractivity contribution in [2.24, 2.45) is 0 Å². The predicted octanol–water partition coefficient (Wildman–Crippen LogP) is -0.690. The second-order valence-corrected chi connectivity index (χ2v) is 6.69. The Labute approximate surface area is 123 Å². The van der Waals surface area contributed by atoms with Gasteiger partial charge in [-0.2, -0.15) is 14.0 Å². The first-order valence-corrected chi connectivity index (χ1v) is 8.50. The minimum atomic E-state index is -4.46. The van der Waals surface area contributed by atoms with E-state index in [0.717, 1.165) is 12.8 Å². The molecule has 1 aromatic rings. The van der Waals surface area contributed by atoms with E-state index in [9.17, 15) is 14.0 Å². The third kappa shape index (κ3) is 5.35. The minimum Gasteiger partial charge on any atom is -0.493 e. The summed E-state index contributed by atoms with van der Waals surface area (Å²) in [4.78, 5) is 0.586. The van der Waals surface area contributed by atoms with Gasteiger partial charge in [0, 0.05) is 12.1 Å². The van der Waals surface area contributed by atoms with Gasteiger partial charge in [0.1, 0.15) is 10.2 Å². The number of halogens is 1. The number of unbranched alkanes of at least 4 members (excludes halogenated alkanes) is 1. The molecule has 20 heavy (non-hydrogen) atoms. The second-order valence-electron chi connectivity index (χ2n) is 3.86. The Morgan fingerprint density at radius 3 is 2.25 bits per heavy atom. The van der Waals surface area contributed by atoms with Crippen LogP contribution >= 0.6 is 0 Å². The molecule has 0 aliphatic heterocycles. The van der Waals surface area contributed by atoms with E-state index in [4.69, 9.17) is 9.47 Å². The maximum atomic E-state index is 10.8. The Bertz CT molecular complexity index is 423. The summed E-state index contributed by atoms with van der Waals surface area (Å²) in [7, 11) is -1.48. The van der Waals surface area contributed by atoms with Crippen molar-refractivity contribution in [1.82, 2.24) is 0 Å². The van der Waals surface area contributed by atoms with Gasteiger partial charge in [-0.25, -0.2) is 0 Å². The van der Waals surface area contributed by atoms with Crippen LogP contribution in [-0.2, 0) is 14.9 Å². The van der Waals surface area contributed by atoms with Gasteiger partial charge in [-0.1, -0.05) is 13.3 Å². The topological polar surface area (TPSA) is 96.9 Å². The van der Waals surface area contributed by atoms with Gasteiger partial charge in [-0.05, 0) is 12.5 Å². The third-order valence-corrected chi connectivity index (χ3v) is 5.12. The molecule has 0 aliphatic rings. The molecule has 8 heteroatoms. The van der Waals surface area contributed by atoms with Gasteiger partial charge in [0.2, 0.25) is 4.90 Å². The molecule has 1 aromatic carbocycles. The average Bonchev–Trinajstić information content (AvgIpc) is 2.41. The number of methoxy groups -OCH3 is 2. The largest absolute Gasteiger partial charge is 0.493 e. The highest BCUT2D eigenvalue weighted by atomic mass is 35.7. The molecule has 1 unspecified atom stereocenters. The van der Waals surface area contributed by atoms with Gasteiger partial charge in [0.05, 0.1) is 14.2 Å². The summed E-state index contributed by atoms with van der Waals surface area (Å²) in [5.41, 5.74) is 0. The Balaban J connectivity index is 3.00. The molecule has 0 amide bonds. The van der Waals surface area contributed by atoms with E-state index in [1.54, 1.807) is 18.2 Å². The highest BCUT2D eigenvalue weighted by Gasteiger charge is 2.42. The Hall–Kier alpha value is -0.700. The molecular formula is C12H18ClO6S+. The summed E-state index contributed by atoms with van der Waals surface area (Å²) in [5, 5.41) is 0. The van der Waals surface area contributed by atoms with Gasteiger partial charge < -0.3 is 9.47 Å². The molecule has 0 saturated heterocycles. The van der Waals surface area contributed by atoms with Crippen molar-refractivity contribution in [2.45, 2.75) is 24.7 Å². The first-order chi connectivity index (χ1) is 9.41. The first-order valence-electron chi connectivity index (χ1n) is 5.95. The summed E-state index contributed by atoms with van der Waals surface area (Å²) in [6, 6.07) is 4.94. The van der Waals surface area contributed by atoms with E-state index >= 15 is 0 Å². The van der Waals surface area contributed by atoms with E-state index in [1.165, 1.54) is 14.2 Å². The summed E-state index contributed by atoms with van der Waals surface area (Å²) < 4.78 is 47.3. The Morgan fingerprint density at radius 2 is 1.75 bits per heavy atom. The normalized spacial score (nSPS) is 13.1. The van der Waals surface area contributed by atoms with E-state index in [0.29, 0.717) is 22.1 Å². The summed E-state index contributed by atoms with van der Waals surface area (Å²) >= 11 is -1.13. The monoisotopic (exact) mass is 325 g/mol. The molecule has 1 rings (SSSR count). The molecule has 0 fully saturated rings. The van der Waals surface area contributed by atoms with E-state index in [-0.39, 0.29) is 0 Å². The number of hydrogen-bond donors (Lipinski definition) is 0. The van der Waals surface area contributed by atoms with Gasteiger partial charge in [-0.3, -0.25) is 0 Å². The summed E-state index contributed by atoms with van der Waals surface area (Å²) in [6.45, 7) is 1.97. The first kappa shape index (κ1) is 17.4. The van der Waals surface area contributed by atoms with Crippen molar-refractivity contribution in [1.29, 1.82) is 0 Å². The number of hydrogen-bond acceptors (Lipinski definition) is 6. The van der Waals surface area contributed by atoms with Crippen molar-refractivity contribution in [3.63, 3.8) is 0 Å². The zero-order chi connectivity index (χ0) is 15.2. The molecule has 0 radical (unpaired) electrons. The van der Waals surface area contributed by atoms with E-state index in [1.807, 2.05) is 6.92 Å². The van der Waals surface area contributed by atoms with Crippen LogP contribution in [-0.4, -0.2) is 20.0 Å². The molecular weight excluding hydrogens is 308 g/mol. The highest BCUT2D eigenvalue weighted by Crippen LogP contribution is 2.31. The molecule has 0 aliphatic carbocycles.